The molecular formula is C9H9BrF2NO2S-. The van der Waals surface area contributed by atoms with Crippen molar-refractivity contribution in [1.82, 2.24) is 0 Å². The van der Waals surface area contributed by atoms with Gasteiger partial charge >= 0.3 is 0 Å². The Hall–Kier alpha value is -0.370. The van der Waals surface area contributed by atoms with E-state index < -0.39 is 34.9 Å². The number of benzene rings is 1. The molecule has 1 rings (SSSR count). The maximum absolute atomic E-state index is 13.4. The van der Waals surface area contributed by atoms with Crippen LogP contribution in [0.15, 0.2) is 22.7 Å². The zero-order valence-electron chi connectivity index (χ0n) is 8.08. The predicted octanol–water partition coefficient (Wildman–Crippen LogP) is 1.59. The van der Waals surface area contributed by atoms with Crippen molar-refractivity contribution in [2.75, 3.05) is 12.4 Å². The highest BCUT2D eigenvalue weighted by molar-refractivity contribution is 9.10. The second kappa shape index (κ2) is 5.31. The molecule has 0 aromatic heterocycles. The molecule has 1 aromatic carbocycles. The van der Waals surface area contributed by atoms with Crippen LogP contribution in [0.4, 0.5) is 8.78 Å². The summed E-state index contributed by atoms with van der Waals surface area (Å²) in [5.41, 5.74) is 3.55. The maximum atomic E-state index is 13.4. The van der Waals surface area contributed by atoms with E-state index in [2.05, 4.69) is 15.9 Å². The van der Waals surface area contributed by atoms with E-state index in [-0.39, 0.29) is 5.56 Å². The van der Waals surface area contributed by atoms with Crippen LogP contribution in [0.1, 0.15) is 5.56 Å². The van der Waals surface area contributed by atoms with E-state index in [0.29, 0.717) is 4.47 Å². The molecule has 0 aliphatic rings. The SMILES string of the molecule is NC(CF)(CS(=O)[O-])c1cc(Br)ccc1F. The summed E-state index contributed by atoms with van der Waals surface area (Å²) in [7, 11) is 0. The number of halogens is 3. The van der Waals surface area contributed by atoms with Gasteiger partial charge in [0.2, 0.25) is 0 Å². The maximum Gasteiger partial charge on any atom is 0.128 e. The van der Waals surface area contributed by atoms with Crippen molar-refractivity contribution in [2.24, 2.45) is 5.73 Å². The number of rotatable bonds is 4. The lowest BCUT2D eigenvalue weighted by atomic mass is 9.94. The van der Waals surface area contributed by atoms with Crippen LogP contribution in [0.2, 0.25) is 0 Å². The summed E-state index contributed by atoms with van der Waals surface area (Å²) in [6, 6.07) is 3.80. The van der Waals surface area contributed by atoms with E-state index in [9.17, 15) is 17.5 Å². The van der Waals surface area contributed by atoms with Crippen LogP contribution in [0.25, 0.3) is 0 Å². The third-order valence-electron chi connectivity index (χ3n) is 2.08. The normalized spacial score (nSPS) is 16.8. The molecule has 0 saturated heterocycles. The lowest BCUT2D eigenvalue weighted by Gasteiger charge is -2.28. The zero-order chi connectivity index (χ0) is 12.3. The predicted molar refractivity (Wildman–Crippen MR) is 59.7 cm³/mol. The van der Waals surface area contributed by atoms with E-state index >= 15 is 0 Å². The Morgan fingerprint density at radius 3 is 2.69 bits per heavy atom. The first-order valence-corrected chi connectivity index (χ1v) is 6.29. The average molecular weight is 313 g/mol. The Bertz CT molecular complexity index is 418. The molecule has 90 valence electrons. The van der Waals surface area contributed by atoms with Gasteiger partial charge in [0, 0.05) is 15.8 Å². The summed E-state index contributed by atoms with van der Waals surface area (Å²) in [4.78, 5) is 0. The number of nitrogens with two attached hydrogens (primary N) is 1. The highest BCUT2D eigenvalue weighted by atomic mass is 79.9. The first-order chi connectivity index (χ1) is 7.39. The lowest BCUT2D eigenvalue weighted by Crippen LogP contribution is -2.45. The van der Waals surface area contributed by atoms with Crippen molar-refractivity contribution in [1.29, 1.82) is 0 Å². The lowest BCUT2D eigenvalue weighted by molar-refractivity contribution is 0.325. The molecule has 16 heavy (non-hydrogen) atoms. The molecule has 2 unspecified atom stereocenters. The molecule has 0 aliphatic carbocycles. The summed E-state index contributed by atoms with van der Waals surface area (Å²) >= 11 is 0.538. The van der Waals surface area contributed by atoms with Gasteiger partial charge in [-0.15, -0.1) is 0 Å². The Kier molecular flexibility index (Phi) is 4.54. The van der Waals surface area contributed by atoms with Crippen molar-refractivity contribution >= 4 is 27.0 Å². The molecule has 0 radical (unpaired) electrons. The van der Waals surface area contributed by atoms with Gasteiger partial charge in [-0.2, -0.15) is 0 Å². The van der Waals surface area contributed by atoms with E-state index in [1.54, 1.807) is 0 Å². The largest absolute Gasteiger partial charge is 0.772 e. The number of hydrogen-bond donors (Lipinski definition) is 1. The van der Waals surface area contributed by atoms with E-state index in [1.807, 2.05) is 0 Å². The Balaban J connectivity index is 3.21. The van der Waals surface area contributed by atoms with Crippen molar-refractivity contribution in [3.8, 4) is 0 Å². The molecule has 2 atom stereocenters. The molecule has 0 heterocycles. The molecule has 7 heteroatoms. The standard InChI is InChI=1S/C9H10BrF2NO2S/c10-6-1-2-8(12)7(3-6)9(13,4-11)5-16(14)15/h1-3H,4-5,13H2,(H,14,15)/p-1. The van der Waals surface area contributed by atoms with Gasteiger partial charge in [0.25, 0.3) is 0 Å². The summed E-state index contributed by atoms with van der Waals surface area (Å²) in [6.45, 7) is -1.16. The Labute approximate surface area is 102 Å². The van der Waals surface area contributed by atoms with Crippen LogP contribution in [0.5, 0.6) is 0 Å². The van der Waals surface area contributed by atoms with Crippen molar-refractivity contribution < 1.29 is 17.5 Å². The van der Waals surface area contributed by atoms with Crippen LogP contribution in [0, 0.1) is 5.82 Å². The fourth-order valence-electron chi connectivity index (χ4n) is 1.28. The van der Waals surface area contributed by atoms with Crippen molar-refractivity contribution in [2.45, 2.75) is 5.54 Å². The van der Waals surface area contributed by atoms with Gasteiger partial charge < -0.3 is 10.3 Å². The van der Waals surface area contributed by atoms with Crippen LogP contribution in [-0.2, 0) is 16.6 Å². The first-order valence-electron chi connectivity index (χ1n) is 4.25. The van der Waals surface area contributed by atoms with Gasteiger partial charge in [0.15, 0.2) is 0 Å². The zero-order valence-corrected chi connectivity index (χ0v) is 10.5. The quantitative estimate of drug-likeness (QED) is 0.859. The van der Waals surface area contributed by atoms with Crippen LogP contribution >= 0.6 is 15.9 Å². The van der Waals surface area contributed by atoms with E-state index in [4.69, 9.17) is 5.73 Å². The molecule has 1 aromatic rings. The van der Waals surface area contributed by atoms with Crippen LogP contribution in [0.3, 0.4) is 0 Å². The van der Waals surface area contributed by atoms with E-state index in [0.717, 1.165) is 6.07 Å². The molecule has 0 spiro atoms. The number of hydrogen-bond acceptors (Lipinski definition) is 3. The molecule has 0 aliphatic heterocycles. The Morgan fingerprint density at radius 1 is 1.56 bits per heavy atom. The van der Waals surface area contributed by atoms with Gasteiger partial charge in [0.1, 0.15) is 12.5 Å². The molecule has 0 bridgehead atoms. The van der Waals surface area contributed by atoms with Crippen LogP contribution < -0.4 is 5.73 Å². The summed E-state index contributed by atoms with van der Waals surface area (Å²) in [6.07, 6.45) is 0. The summed E-state index contributed by atoms with van der Waals surface area (Å²) in [5.74, 6) is -1.40. The van der Waals surface area contributed by atoms with Gasteiger partial charge in [-0.1, -0.05) is 27.0 Å². The third-order valence-corrected chi connectivity index (χ3v) is 3.32. The summed E-state index contributed by atoms with van der Waals surface area (Å²) < 4.78 is 47.9. The minimum atomic E-state index is -2.55. The minimum absolute atomic E-state index is 0.159. The van der Waals surface area contributed by atoms with Gasteiger partial charge in [-0.05, 0) is 18.2 Å². The fourth-order valence-corrected chi connectivity index (χ4v) is 2.29. The number of alkyl halides is 1. The molecular weight excluding hydrogens is 304 g/mol. The smallest absolute Gasteiger partial charge is 0.128 e. The van der Waals surface area contributed by atoms with Gasteiger partial charge in [-0.3, -0.25) is 4.21 Å². The van der Waals surface area contributed by atoms with Gasteiger partial charge in [0.05, 0.1) is 5.54 Å². The Morgan fingerprint density at radius 2 is 2.19 bits per heavy atom. The van der Waals surface area contributed by atoms with Crippen molar-refractivity contribution in [3.63, 3.8) is 0 Å². The minimum Gasteiger partial charge on any atom is -0.772 e. The molecule has 0 amide bonds. The topological polar surface area (TPSA) is 66.2 Å². The highest BCUT2D eigenvalue weighted by Crippen LogP contribution is 2.26. The monoisotopic (exact) mass is 312 g/mol. The molecule has 2 N–H and O–H groups in total. The fraction of sp³-hybridized carbons (Fsp3) is 0.333. The average Bonchev–Trinajstić information content (AvgIpc) is 2.20. The molecule has 3 nitrogen and oxygen atoms in total. The second-order valence-electron chi connectivity index (χ2n) is 3.36. The second-order valence-corrected chi connectivity index (χ2v) is 5.17. The van der Waals surface area contributed by atoms with Gasteiger partial charge in [-0.25, -0.2) is 8.78 Å². The molecule has 0 fully saturated rings. The highest BCUT2D eigenvalue weighted by Gasteiger charge is 2.31. The summed E-state index contributed by atoms with van der Waals surface area (Å²) in [5, 5.41) is 0. The first kappa shape index (κ1) is 13.7. The van der Waals surface area contributed by atoms with Crippen molar-refractivity contribution in [3.05, 3.63) is 34.1 Å². The third kappa shape index (κ3) is 3.07. The van der Waals surface area contributed by atoms with Crippen LogP contribution in [-0.4, -0.2) is 21.2 Å². The molecule has 0 saturated carbocycles. The van der Waals surface area contributed by atoms with E-state index in [1.165, 1.54) is 12.1 Å².